The molecule has 0 atom stereocenters. The lowest BCUT2D eigenvalue weighted by Gasteiger charge is -2.19. The molecule has 0 saturated carbocycles. The maximum Gasteiger partial charge on any atom is 0.145 e. The van der Waals surface area contributed by atoms with Crippen LogP contribution in [0.5, 0.6) is 0 Å². The van der Waals surface area contributed by atoms with E-state index in [1.165, 1.54) is 98.4 Å². The van der Waals surface area contributed by atoms with E-state index in [-0.39, 0.29) is 0 Å². The number of imidazole rings is 1. The van der Waals surface area contributed by atoms with Crippen LogP contribution < -0.4 is 0 Å². The molecule has 2 heteroatoms. The fraction of sp³-hybridized carbons (Fsp3) is 0.0308. The number of nitrogens with zero attached hydrogens (tertiary/aromatic N) is 2. The van der Waals surface area contributed by atoms with E-state index in [1.807, 2.05) is 13.8 Å². The van der Waals surface area contributed by atoms with E-state index >= 15 is 0 Å². The monoisotopic (exact) mass is 854 g/mol. The first-order valence-electron chi connectivity index (χ1n) is 23.4. The van der Waals surface area contributed by atoms with Gasteiger partial charge < -0.3 is 0 Å². The predicted octanol–water partition coefficient (Wildman–Crippen LogP) is 18.2. The van der Waals surface area contributed by atoms with Gasteiger partial charge in [-0.05, 0) is 135 Å². The molecule has 0 amide bonds. The van der Waals surface area contributed by atoms with Crippen LogP contribution in [-0.4, -0.2) is 9.55 Å². The molecule has 2 nitrogen and oxygen atoms in total. The highest BCUT2D eigenvalue weighted by Crippen LogP contribution is 2.47. The average molecular weight is 855 g/mol. The molecular weight excluding hydrogens is 809 g/mol. The fourth-order valence-electron chi connectivity index (χ4n) is 10.5. The summed E-state index contributed by atoms with van der Waals surface area (Å²) in [5.41, 5.74) is 14.2. The zero-order valence-corrected chi connectivity index (χ0v) is 37.5. The first kappa shape index (κ1) is 40.0. The average Bonchev–Trinajstić information content (AvgIpc) is 3.80. The van der Waals surface area contributed by atoms with Gasteiger partial charge in [-0.2, -0.15) is 0 Å². The first-order valence-corrected chi connectivity index (χ1v) is 23.4. The Hall–Kier alpha value is -8.59. The second-order valence-corrected chi connectivity index (χ2v) is 17.0. The van der Waals surface area contributed by atoms with Gasteiger partial charge in [-0.15, -0.1) is 0 Å². The van der Waals surface area contributed by atoms with E-state index < -0.39 is 0 Å². The second kappa shape index (κ2) is 16.8. The number of hydrogen-bond donors (Lipinski definition) is 0. The lowest BCUT2D eigenvalue weighted by Crippen LogP contribution is -1.97. The van der Waals surface area contributed by atoms with Crippen LogP contribution in [0.1, 0.15) is 13.8 Å². The molecule has 0 bridgehead atoms. The second-order valence-electron chi connectivity index (χ2n) is 17.0. The van der Waals surface area contributed by atoms with Gasteiger partial charge in [-0.25, -0.2) is 4.98 Å². The Morgan fingerprint density at radius 3 is 1.07 bits per heavy atom. The summed E-state index contributed by atoms with van der Waals surface area (Å²) in [6, 6.07) is 88.4. The van der Waals surface area contributed by atoms with E-state index in [1.54, 1.807) is 0 Å². The minimum Gasteiger partial charge on any atom is -0.292 e. The SMILES string of the molecule is CC.c1ccc(-c2c3ccccc3c(-c3ccc(-c4c5ccccc5c(-c5ccc6cc(-c7nc8ccccc8n7-c7ccccc7)ccc6c5)c5ccccc45)cc3)c3ccccc23)cc1. The topological polar surface area (TPSA) is 17.8 Å². The quantitative estimate of drug-likeness (QED) is 0.152. The third-order valence-electron chi connectivity index (χ3n) is 13.3. The number of aromatic nitrogens is 2. The van der Waals surface area contributed by atoms with E-state index in [0.29, 0.717) is 0 Å². The molecule has 1 heterocycles. The van der Waals surface area contributed by atoms with Gasteiger partial charge in [-0.1, -0.05) is 220 Å². The summed E-state index contributed by atoms with van der Waals surface area (Å²) in [5, 5.41) is 12.4. The standard InChI is InChI=1S/C63H40N2.C2H6/c1-3-17-41(18-4-1)59-49-21-7-9-23-51(49)60(52-24-10-8-22-50(52)59)42-31-33-43(34-32-42)61-53-25-11-13-27-55(53)62(56-28-14-12-26-54(56)61)46-37-35-45-40-47(38-36-44(45)39-46)63-64-57-29-15-16-30-58(57)65(63)48-19-5-2-6-20-48;1-2/h1-40H;1-2H3. The van der Waals surface area contributed by atoms with Gasteiger partial charge in [0.25, 0.3) is 0 Å². The lowest BCUT2D eigenvalue weighted by molar-refractivity contribution is 1.10. The van der Waals surface area contributed by atoms with Crippen molar-refractivity contribution in [1.82, 2.24) is 9.55 Å². The molecule has 0 aliphatic carbocycles. The minimum absolute atomic E-state index is 0.937. The van der Waals surface area contributed by atoms with Crippen molar-refractivity contribution in [2.75, 3.05) is 0 Å². The Bertz CT molecular complexity index is 3860. The van der Waals surface area contributed by atoms with Crippen LogP contribution in [0, 0.1) is 0 Å². The Kier molecular flexibility index (Phi) is 9.99. The van der Waals surface area contributed by atoms with Gasteiger partial charge in [0.2, 0.25) is 0 Å². The summed E-state index contributed by atoms with van der Waals surface area (Å²) in [6.07, 6.45) is 0. The summed E-state index contributed by atoms with van der Waals surface area (Å²) in [5.74, 6) is 0.937. The van der Waals surface area contributed by atoms with Crippen LogP contribution in [0.15, 0.2) is 243 Å². The van der Waals surface area contributed by atoms with Gasteiger partial charge in [-0.3, -0.25) is 4.57 Å². The van der Waals surface area contributed by atoms with E-state index in [0.717, 1.165) is 28.1 Å². The number of fused-ring (bicyclic) bond motifs is 6. The van der Waals surface area contributed by atoms with Crippen LogP contribution in [0.25, 0.3) is 126 Å². The molecule has 13 rings (SSSR count). The Balaban J connectivity index is 0.00000231. The highest BCUT2D eigenvalue weighted by Gasteiger charge is 2.20. The largest absolute Gasteiger partial charge is 0.292 e. The molecule has 0 aliphatic rings. The third kappa shape index (κ3) is 6.68. The highest BCUT2D eigenvalue weighted by atomic mass is 15.1. The van der Waals surface area contributed by atoms with Crippen molar-refractivity contribution in [3.05, 3.63) is 243 Å². The van der Waals surface area contributed by atoms with Crippen molar-refractivity contribution in [3.8, 4) is 61.6 Å². The molecule has 0 unspecified atom stereocenters. The Morgan fingerprint density at radius 1 is 0.284 bits per heavy atom. The van der Waals surface area contributed by atoms with Crippen molar-refractivity contribution in [2.24, 2.45) is 0 Å². The van der Waals surface area contributed by atoms with Crippen LogP contribution in [-0.2, 0) is 0 Å². The van der Waals surface area contributed by atoms with Crippen LogP contribution >= 0.6 is 0 Å². The van der Waals surface area contributed by atoms with Gasteiger partial charge >= 0.3 is 0 Å². The summed E-state index contributed by atoms with van der Waals surface area (Å²) in [6.45, 7) is 4.00. The zero-order chi connectivity index (χ0) is 44.8. The maximum absolute atomic E-state index is 5.15. The number of hydrogen-bond acceptors (Lipinski definition) is 1. The number of benzene rings is 12. The van der Waals surface area contributed by atoms with Gasteiger partial charge in [0.1, 0.15) is 5.82 Å². The molecule has 13 aromatic rings. The Labute approximate surface area is 390 Å². The van der Waals surface area contributed by atoms with Gasteiger partial charge in [0.15, 0.2) is 0 Å². The molecule has 316 valence electrons. The van der Waals surface area contributed by atoms with E-state index in [4.69, 9.17) is 4.98 Å². The summed E-state index contributed by atoms with van der Waals surface area (Å²) >= 11 is 0. The molecule has 12 aromatic carbocycles. The van der Waals surface area contributed by atoms with Gasteiger partial charge in [0.05, 0.1) is 11.0 Å². The lowest BCUT2D eigenvalue weighted by atomic mass is 9.84. The molecule has 0 saturated heterocycles. The van der Waals surface area contributed by atoms with Crippen molar-refractivity contribution in [2.45, 2.75) is 13.8 Å². The molecule has 0 spiro atoms. The minimum atomic E-state index is 0.937. The van der Waals surface area contributed by atoms with Gasteiger partial charge in [0, 0.05) is 11.3 Å². The van der Waals surface area contributed by atoms with E-state index in [2.05, 4.69) is 247 Å². The molecular formula is C65H46N2. The summed E-state index contributed by atoms with van der Waals surface area (Å²) in [4.78, 5) is 5.15. The van der Waals surface area contributed by atoms with E-state index in [9.17, 15) is 0 Å². The predicted molar refractivity (Wildman–Crippen MR) is 287 cm³/mol. The van der Waals surface area contributed by atoms with Crippen molar-refractivity contribution >= 4 is 64.9 Å². The van der Waals surface area contributed by atoms with Crippen molar-refractivity contribution in [1.29, 1.82) is 0 Å². The molecule has 1 aromatic heterocycles. The number of para-hydroxylation sites is 3. The molecule has 0 radical (unpaired) electrons. The van der Waals surface area contributed by atoms with Crippen LogP contribution in [0.2, 0.25) is 0 Å². The van der Waals surface area contributed by atoms with Crippen molar-refractivity contribution < 1.29 is 0 Å². The summed E-state index contributed by atoms with van der Waals surface area (Å²) < 4.78 is 2.27. The fourth-order valence-corrected chi connectivity index (χ4v) is 10.5. The Morgan fingerprint density at radius 2 is 0.612 bits per heavy atom. The molecule has 0 N–H and O–H groups in total. The first-order chi connectivity index (χ1) is 33.3. The third-order valence-corrected chi connectivity index (χ3v) is 13.3. The summed E-state index contributed by atoms with van der Waals surface area (Å²) in [7, 11) is 0. The smallest absolute Gasteiger partial charge is 0.145 e. The number of rotatable bonds is 6. The van der Waals surface area contributed by atoms with Crippen LogP contribution in [0.4, 0.5) is 0 Å². The maximum atomic E-state index is 5.15. The van der Waals surface area contributed by atoms with Crippen molar-refractivity contribution in [3.63, 3.8) is 0 Å². The normalized spacial score (nSPS) is 11.4. The highest BCUT2D eigenvalue weighted by molar-refractivity contribution is 6.23. The zero-order valence-electron chi connectivity index (χ0n) is 37.5. The molecule has 0 fully saturated rings. The molecule has 67 heavy (non-hydrogen) atoms. The molecule has 0 aliphatic heterocycles. The van der Waals surface area contributed by atoms with Crippen LogP contribution in [0.3, 0.4) is 0 Å².